The van der Waals surface area contributed by atoms with Gasteiger partial charge in [-0.25, -0.2) is 14.2 Å². The average Bonchev–Trinajstić information content (AvgIpc) is 3.42. The molecule has 3 saturated heterocycles. The van der Waals surface area contributed by atoms with Gasteiger partial charge in [0.15, 0.2) is 18.9 Å². The molecule has 0 radical (unpaired) electrons. The molecule has 2 aromatic heterocycles. The van der Waals surface area contributed by atoms with Crippen LogP contribution >= 0.6 is 0 Å². The number of hydrogen-bond donors (Lipinski definition) is 0. The maximum Gasteiger partial charge on any atom is 0.410 e. The van der Waals surface area contributed by atoms with Crippen LogP contribution < -0.4 is 14.5 Å². The third-order valence-corrected chi connectivity index (χ3v) is 10.7. The third kappa shape index (κ3) is 7.30. The van der Waals surface area contributed by atoms with Gasteiger partial charge in [-0.1, -0.05) is 25.1 Å². The average molecular weight is 731 g/mol. The highest BCUT2D eigenvalue weighted by atomic mass is 19.1. The van der Waals surface area contributed by atoms with Crippen LogP contribution in [0, 0.1) is 11.7 Å². The Balaban J connectivity index is 1.33. The molecule has 7 rings (SSSR count). The first kappa shape index (κ1) is 37.0. The smallest absolute Gasteiger partial charge is 0.410 e. The van der Waals surface area contributed by atoms with Crippen molar-refractivity contribution in [1.82, 2.24) is 19.9 Å². The van der Waals surface area contributed by atoms with Crippen molar-refractivity contribution in [2.45, 2.75) is 83.8 Å². The molecule has 1 amide bonds. The van der Waals surface area contributed by atoms with Gasteiger partial charge in [0.25, 0.3) is 0 Å². The van der Waals surface area contributed by atoms with E-state index in [0.29, 0.717) is 54.6 Å². The number of hydrogen-bond acceptors (Lipinski definition) is 11. The largest absolute Gasteiger partial charge is 0.468 e. The molecule has 284 valence electrons. The summed E-state index contributed by atoms with van der Waals surface area (Å²) < 4.78 is 45.4. The fourth-order valence-electron chi connectivity index (χ4n) is 8.31. The minimum absolute atomic E-state index is 0.0569. The number of carbonyl (C=O) groups is 1. The number of carbonyl (C=O) groups excluding carboxylic acids is 1. The Morgan fingerprint density at radius 3 is 2.34 bits per heavy atom. The Bertz CT molecular complexity index is 1950. The van der Waals surface area contributed by atoms with Gasteiger partial charge in [-0.3, -0.25) is 9.88 Å². The second-order valence-electron chi connectivity index (χ2n) is 15.3. The molecular formula is C40H51FN6O6. The number of amides is 1. The number of ether oxygens (including phenoxy) is 5. The van der Waals surface area contributed by atoms with Crippen LogP contribution in [0.25, 0.3) is 32.9 Å². The Morgan fingerprint density at radius 2 is 1.70 bits per heavy atom. The summed E-state index contributed by atoms with van der Waals surface area (Å²) in [5.41, 5.74) is 1.51. The lowest BCUT2D eigenvalue weighted by Crippen LogP contribution is -2.57. The molecule has 3 aliphatic heterocycles. The SMILES string of the molecule is CCc1cccc2cc(OCOC)cc(-c3ncc4c(N5CC6CCC(C5)N6C(=O)OC(C)(C)C)nc(N5CCC(C(OC)OC)CC5)nc4c3F)c12. The molecule has 0 N–H and O–H groups in total. The van der Waals surface area contributed by atoms with E-state index in [1.807, 2.05) is 49.9 Å². The first-order chi connectivity index (χ1) is 25.5. The lowest BCUT2D eigenvalue weighted by atomic mass is 9.95. The minimum atomic E-state index is -0.592. The molecule has 13 heteroatoms. The van der Waals surface area contributed by atoms with Crippen molar-refractivity contribution >= 4 is 39.5 Å². The number of nitrogens with zero attached hydrogens (tertiary/aromatic N) is 6. The van der Waals surface area contributed by atoms with Crippen LogP contribution in [0.4, 0.5) is 21.0 Å². The van der Waals surface area contributed by atoms with Gasteiger partial charge in [-0.05, 0) is 81.3 Å². The lowest BCUT2D eigenvalue weighted by molar-refractivity contribution is -0.141. The Labute approximate surface area is 310 Å². The summed E-state index contributed by atoms with van der Waals surface area (Å²) in [5.74, 6) is 1.34. The Hall–Kier alpha value is -4.33. The van der Waals surface area contributed by atoms with Crippen molar-refractivity contribution in [2.24, 2.45) is 5.92 Å². The molecule has 0 saturated carbocycles. The summed E-state index contributed by atoms with van der Waals surface area (Å²) in [6.07, 6.45) is 5.21. The lowest BCUT2D eigenvalue weighted by Gasteiger charge is -2.42. The van der Waals surface area contributed by atoms with E-state index in [4.69, 9.17) is 38.6 Å². The molecule has 2 unspecified atom stereocenters. The summed E-state index contributed by atoms with van der Waals surface area (Å²) >= 11 is 0. The first-order valence-corrected chi connectivity index (χ1v) is 18.6. The fraction of sp³-hybridized carbons (Fsp3) is 0.550. The van der Waals surface area contributed by atoms with Crippen molar-refractivity contribution < 1.29 is 32.9 Å². The van der Waals surface area contributed by atoms with E-state index in [-0.39, 0.29) is 48.4 Å². The van der Waals surface area contributed by atoms with Gasteiger partial charge in [-0.15, -0.1) is 0 Å². The van der Waals surface area contributed by atoms with Gasteiger partial charge in [0, 0.05) is 65.2 Å². The number of anilines is 2. The third-order valence-electron chi connectivity index (χ3n) is 10.7. The number of benzene rings is 2. The zero-order valence-electron chi connectivity index (χ0n) is 31.9. The molecule has 0 spiro atoms. The van der Waals surface area contributed by atoms with Crippen LogP contribution in [0.1, 0.15) is 58.9 Å². The van der Waals surface area contributed by atoms with Crippen molar-refractivity contribution in [2.75, 3.05) is 64.1 Å². The number of aromatic nitrogens is 3. The van der Waals surface area contributed by atoms with E-state index in [1.165, 1.54) is 0 Å². The van der Waals surface area contributed by atoms with Crippen LogP contribution in [0.5, 0.6) is 5.75 Å². The highest BCUT2D eigenvalue weighted by Gasteiger charge is 2.45. The standard InChI is InChI=1S/C40H51FN6O6/c1-8-24-10-9-11-26-18-29(52-23-49-5)19-30(32(24)26)34-33(41)35-31(20-42-34)36(44-38(43-35)45-16-14-25(15-17-45)37(50-6)51-7)46-21-27-12-13-28(22-46)47(27)39(48)53-40(2,3)4/h9-11,18-20,25,27-28,37H,8,12-17,21-23H2,1-7H3. The number of fused-ring (bicyclic) bond motifs is 4. The number of halogens is 1. The molecule has 2 bridgehead atoms. The summed E-state index contributed by atoms with van der Waals surface area (Å²) in [6, 6.07) is 9.73. The predicted molar refractivity (Wildman–Crippen MR) is 202 cm³/mol. The van der Waals surface area contributed by atoms with E-state index >= 15 is 4.39 Å². The van der Waals surface area contributed by atoms with Gasteiger partial charge in [0.2, 0.25) is 5.95 Å². The van der Waals surface area contributed by atoms with Gasteiger partial charge in [-0.2, -0.15) is 4.98 Å². The summed E-state index contributed by atoms with van der Waals surface area (Å²) in [5, 5.41) is 2.37. The van der Waals surface area contributed by atoms with E-state index < -0.39 is 11.4 Å². The van der Waals surface area contributed by atoms with Crippen LogP contribution in [0.3, 0.4) is 0 Å². The topological polar surface area (TPSA) is 112 Å². The Morgan fingerprint density at radius 1 is 0.981 bits per heavy atom. The first-order valence-electron chi connectivity index (χ1n) is 18.6. The molecule has 3 aliphatic rings. The monoisotopic (exact) mass is 730 g/mol. The van der Waals surface area contributed by atoms with Crippen molar-refractivity contribution in [3.05, 3.63) is 47.9 Å². The second-order valence-corrected chi connectivity index (χ2v) is 15.3. The van der Waals surface area contributed by atoms with Gasteiger partial charge in [0.05, 0.1) is 17.5 Å². The zero-order valence-corrected chi connectivity index (χ0v) is 31.9. The molecule has 53 heavy (non-hydrogen) atoms. The van der Waals surface area contributed by atoms with E-state index in [9.17, 15) is 4.79 Å². The van der Waals surface area contributed by atoms with Crippen LogP contribution in [0.15, 0.2) is 36.5 Å². The molecule has 0 aliphatic carbocycles. The molecule has 3 fully saturated rings. The van der Waals surface area contributed by atoms with Crippen molar-refractivity contribution in [1.29, 1.82) is 0 Å². The van der Waals surface area contributed by atoms with Crippen molar-refractivity contribution in [3.8, 4) is 17.0 Å². The zero-order chi connectivity index (χ0) is 37.4. The fourth-order valence-corrected chi connectivity index (χ4v) is 8.31. The number of aryl methyl sites for hydroxylation is 1. The number of rotatable bonds is 10. The van der Waals surface area contributed by atoms with Crippen LogP contribution in [-0.2, 0) is 25.4 Å². The highest BCUT2D eigenvalue weighted by molar-refractivity contribution is 6.02. The molecule has 4 aromatic rings. The highest BCUT2D eigenvalue weighted by Crippen LogP contribution is 2.41. The van der Waals surface area contributed by atoms with Crippen LogP contribution in [0.2, 0.25) is 0 Å². The van der Waals surface area contributed by atoms with E-state index in [2.05, 4.69) is 22.8 Å². The van der Waals surface area contributed by atoms with Crippen molar-refractivity contribution in [3.63, 3.8) is 0 Å². The van der Waals surface area contributed by atoms with Gasteiger partial charge >= 0.3 is 6.09 Å². The molecule has 2 aromatic carbocycles. The maximum atomic E-state index is 17.4. The number of methoxy groups -OCH3 is 3. The van der Waals surface area contributed by atoms with Gasteiger partial charge in [0.1, 0.15) is 28.4 Å². The summed E-state index contributed by atoms with van der Waals surface area (Å²) in [4.78, 5) is 34.4. The van der Waals surface area contributed by atoms with Crippen LogP contribution in [-0.4, -0.2) is 104 Å². The number of piperidine rings is 1. The molecule has 12 nitrogen and oxygen atoms in total. The van der Waals surface area contributed by atoms with Gasteiger partial charge < -0.3 is 33.5 Å². The molecule has 2 atom stereocenters. The quantitative estimate of drug-likeness (QED) is 0.158. The van der Waals surface area contributed by atoms with E-state index in [0.717, 1.165) is 48.4 Å². The number of pyridine rings is 1. The Kier molecular flexibility index (Phi) is 10.6. The van der Waals surface area contributed by atoms with E-state index in [1.54, 1.807) is 27.5 Å². The minimum Gasteiger partial charge on any atom is -0.468 e. The summed E-state index contributed by atoms with van der Waals surface area (Å²) in [6.45, 7) is 10.2. The normalized spacial score (nSPS) is 19.5. The predicted octanol–water partition coefficient (Wildman–Crippen LogP) is 6.95. The maximum absolute atomic E-state index is 17.4. The molecular weight excluding hydrogens is 679 g/mol. The second kappa shape index (κ2) is 15.2. The molecule has 5 heterocycles. The summed E-state index contributed by atoms with van der Waals surface area (Å²) in [7, 11) is 4.89. The number of piperazine rings is 1.